The fourth-order valence-corrected chi connectivity index (χ4v) is 1.39. The quantitative estimate of drug-likeness (QED) is 0.672. The molecular weight excluding hydrogens is 192 g/mol. The lowest BCUT2D eigenvalue weighted by molar-refractivity contribution is -0.107. The second-order valence-corrected chi connectivity index (χ2v) is 2.98. The SMILES string of the molecule is CCOc1cccc(CC=O)c1OCC. The van der Waals surface area contributed by atoms with Crippen LogP contribution in [0.3, 0.4) is 0 Å². The minimum Gasteiger partial charge on any atom is -0.490 e. The molecule has 3 nitrogen and oxygen atoms in total. The number of ether oxygens (including phenoxy) is 2. The van der Waals surface area contributed by atoms with Crippen molar-refractivity contribution >= 4 is 6.29 Å². The maximum atomic E-state index is 10.5. The Morgan fingerprint density at radius 2 is 1.93 bits per heavy atom. The predicted molar refractivity (Wildman–Crippen MR) is 58.5 cm³/mol. The molecular formula is C12H16O3. The highest BCUT2D eigenvalue weighted by Crippen LogP contribution is 2.31. The van der Waals surface area contributed by atoms with Crippen molar-refractivity contribution in [3.63, 3.8) is 0 Å². The van der Waals surface area contributed by atoms with E-state index in [9.17, 15) is 4.79 Å². The molecule has 0 aliphatic carbocycles. The van der Waals surface area contributed by atoms with E-state index >= 15 is 0 Å². The number of hydrogen-bond acceptors (Lipinski definition) is 3. The van der Waals surface area contributed by atoms with E-state index in [-0.39, 0.29) is 0 Å². The van der Waals surface area contributed by atoms with E-state index in [0.29, 0.717) is 31.1 Å². The van der Waals surface area contributed by atoms with Gasteiger partial charge in [-0.2, -0.15) is 0 Å². The van der Waals surface area contributed by atoms with Gasteiger partial charge in [0.1, 0.15) is 6.29 Å². The fraction of sp³-hybridized carbons (Fsp3) is 0.417. The topological polar surface area (TPSA) is 35.5 Å². The van der Waals surface area contributed by atoms with Gasteiger partial charge >= 0.3 is 0 Å². The summed E-state index contributed by atoms with van der Waals surface area (Å²) in [5, 5.41) is 0. The third-order valence-corrected chi connectivity index (χ3v) is 1.95. The summed E-state index contributed by atoms with van der Waals surface area (Å²) in [6.45, 7) is 4.98. The Bertz CT molecular complexity index is 321. The smallest absolute Gasteiger partial charge is 0.164 e. The van der Waals surface area contributed by atoms with Gasteiger partial charge < -0.3 is 14.3 Å². The van der Waals surface area contributed by atoms with Crippen LogP contribution < -0.4 is 9.47 Å². The van der Waals surface area contributed by atoms with Crippen LogP contribution >= 0.6 is 0 Å². The molecule has 0 amide bonds. The van der Waals surface area contributed by atoms with Gasteiger partial charge in [0.15, 0.2) is 11.5 Å². The Kier molecular flexibility index (Phi) is 4.68. The van der Waals surface area contributed by atoms with Gasteiger partial charge in [-0.3, -0.25) is 0 Å². The molecule has 15 heavy (non-hydrogen) atoms. The summed E-state index contributed by atoms with van der Waals surface area (Å²) in [6.07, 6.45) is 1.23. The van der Waals surface area contributed by atoms with Gasteiger partial charge in [0.25, 0.3) is 0 Å². The summed E-state index contributed by atoms with van der Waals surface area (Å²) in [6, 6.07) is 5.59. The molecule has 1 aromatic rings. The average molecular weight is 208 g/mol. The van der Waals surface area contributed by atoms with Crippen molar-refractivity contribution in [3.05, 3.63) is 23.8 Å². The molecule has 0 N–H and O–H groups in total. The van der Waals surface area contributed by atoms with E-state index in [0.717, 1.165) is 11.8 Å². The van der Waals surface area contributed by atoms with Gasteiger partial charge in [-0.05, 0) is 19.9 Å². The molecule has 1 aromatic carbocycles. The van der Waals surface area contributed by atoms with E-state index < -0.39 is 0 Å². The third kappa shape index (κ3) is 2.98. The third-order valence-electron chi connectivity index (χ3n) is 1.95. The van der Waals surface area contributed by atoms with Crippen molar-refractivity contribution in [2.24, 2.45) is 0 Å². The molecule has 0 bridgehead atoms. The summed E-state index contributed by atoms with van der Waals surface area (Å²) < 4.78 is 10.9. The summed E-state index contributed by atoms with van der Waals surface area (Å²) in [7, 11) is 0. The van der Waals surface area contributed by atoms with Crippen LogP contribution in [0.25, 0.3) is 0 Å². The molecule has 0 atom stereocenters. The summed E-state index contributed by atoms with van der Waals surface area (Å²) in [4.78, 5) is 10.5. The molecule has 0 spiro atoms. The maximum Gasteiger partial charge on any atom is 0.164 e. The summed E-state index contributed by atoms with van der Waals surface area (Å²) in [5.41, 5.74) is 0.873. The van der Waals surface area contributed by atoms with E-state index in [1.807, 2.05) is 32.0 Å². The highest BCUT2D eigenvalue weighted by molar-refractivity contribution is 5.60. The Labute approximate surface area is 90.0 Å². The van der Waals surface area contributed by atoms with Gasteiger partial charge in [-0.1, -0.05) is 12.1 Å². The van der Waals surface area contributed by atoms with Crippen LogP contribution in [0.5, 0.6) is 11.5 Å². The lowest BCUT2D eigenvalue weighted by atomic mass is 10.1. The molecule has 82 valence electrons. The predicted octanol–water partition coefficient (Wildman–Crippen LogP) is 2.23. The van der Waals surface area contributed by atoms with Gasteiger partial charge in [0.2, 0.25) is 0 Å². The van der Waals surface area contributed by atoms with E-state index in [4.69, 9.17) is 9.47 Å². The van der Waals surface area contributed by atoms with Gasteiger partial charge in [-0.15, -0.1) is 0 Å². The van der Waals surface area contributed by atoms with E-state index in [2.05, 4.69) is 0 Å². The summed E-state index contributed by atoms with van der Waals surface area (Å²) >= 11 is 0. The van der Waals surface area contributed by atoms with Crippen molar-refractivity contribution in [1.29, 1.82) is 0 Å². The maximum absolute atomic E-state index is 10.5. The van der Waals surface area contributed by atoms with E-state index in [1.165, 1.54) is 0 Å². The number of hydrogen-bond donors (Lipinski definition) is 0. The molecule has 0 aromatic heterocycles. The molecule has 1 rings (SSSR count). The zero-order valence-corrected chi connectivity index (χ0v) is 9.16. The Hall–Kier alpha value is -1.51. The molecule has 0 aliphatic heterocycles. The first-order chi connectivity index (χ1) is 7.33. The minimum absolute atomic E-state index is 0.357. The zero-order chi connectivity index (χ0) is 11.1. The molecule has 3 heteroatoms. The highest BCUT2D eigenvalue weighted by atomic mass is 16.5. The number of carbonyl (C=O) groups is 1. The van der Waals surface area contributed by atoms with Crippen LogP contribution in [-0.4, -0.2) is 19.5 Å². The lowest BCUT2D eigenvalue weighted by Crippen LogP contribution is -2.02. The first kappa shape index (κ1) is 11.6. The van der Waals surface area contributed by atoms with Crippen LogP contribution in [0.2, 0.25) is 0 Å². The van der Waals surface area contributed by atoms with Crippen LogP contribution in [0, 0.1) is 0 Å². The zero-order valence-electron chi connectivity index (χ0n) is 9.16. The summed E-state index contributed by atoms with van der Waals surface area (Å²) in [5.74, 6) is 1.40. The molecule has 0 saturated carbocycles. The first-order valence-corrected chi connectivity index (χ1v) is 5.14. The Morgan fingerprint density at radius 1 is 1.20 bits per heavy atom. The van der Waals surface area contributed by atoms with E-state index in [1.54, 1.807) is 0 Å². The second kappa shape index (κ2) is 6.06. The normalized spacial score (nSPS) is 9.73. The number of benzene rings is 1. The van der Waals surface area contributed by atoms with Crippen molar-refractivity contribution in [1.82, 2.24) is 0 Å². The van der Waals surface area contributed by atoms with Crippen LogP contribution in [-0.2, 0) is 11.2 Å². The number of carbonyl (C=O) groups excluding carboxylic acids is 1. The molecule has 0 unspecified atom stereocenters. The van der Waals surface area contributed by atoms with Crippen molar-refractivity contribution in [2.45, 2.75) is 20.3 Å². The average Bonchev–Trinajstić information content (AvgIpc) is 2.23. The molecule has 0 radical (unpaired) electrons. The molecule has 0 saturated heterocycles. The second-order valence-electron chi connectivity index (χ2n) is 2.98. The van der Waals surface area contributed by atoms with Crippen LogP contribution in [0.4, 0.5) is 0 Å². The van der Waals surface area contributed by atoms with Crippen LogP contribution in [0.1, 0.15) is 19.4 Å². The first-order valence-electron chi connectivity index (χ1n) is 5.14. The van der Waals surface area contributed by atoms with Gasteiger partial charge in [0, 0.05) is 12.0 Å². The highest BCUT2D eigenvalue weighted by Gasteiger charge is 2.09. The molecule has 0 fully saturated rings. The Morgan fingerprint density at radius 3 is 2.53 bits per heavy atom. The number of aldehydes is 1. The standard InChI is InChI=1S/C12H16O3/c1-3-14-11-7-5-6-10(8-9-13)12(11)15-4-2/h5-7,9H,3-4,8H2,1-2H3. The minimum atomic E-state index is 0.357. The van der Waals surface area contributed by atoms with Crippen molar-refractivity contribution < 1.29 is 14.3 Å². The number of rotatable bonds is 6. The van der Waals surface area contributed by atoms with Crippen molar-refractivity contribution in [3.8, 4) is 11.5 Å². The fourth-order valence-electron chi connectivity index (χ4n) is 1.39. The molecule has 0 heterocycles. The Balaban J connectivity index is 3.02. The monoisotopic (exact) mass is 208 g/mol. The number of para-hydroxylation sites is 1. The largest absolute Gasteiger partial charge is 0.490 e. The van der Waals surface area contributed by atoms with Crippen LogP contribution in [0.15, 0.2) is 18.2 Å². The lowest BCUT2D eigenvalue weighted by Gasteiger charge is -2.13. The van der Waals surface area contributed by atoms with Gasteiger partial charge in [0.05, 0.1) is 13.2 Å². The van der Waals surface area contributed by atoms with Gasteiger partial charge in [-0.25, -0.2) is 0 Å². The molecule has 0 aliphatic rings. The van der Waals surface area contributed by atoms with Crippen molar-refractivity contribution in [2.75, 3.05) is 13.2 Å².